The lowest BCUT2D eigenvalue weighted by Crippen LogP contribution is -2.42. The van der Waals surface area contributed by atoms with Crippen LogP contribution in [0.3, 0.4) is 0 Å². The van der Waals surface area contributed by atoms with E-state index in [-0.39, 0.29) is 12.6 Å². The lowest BCUT2D eigenvalue weighted by molar-refractivity contribution is -0.00177. The highest BCUT2D eigenvalue weighted by Gasteiger charge is 2.27. The van der Waals surface area contributed by atoms with Gasteiger partial charge < -0.3 is 15.7 Å². The molecule has 170 valence electrons. The Hall–Kier alpha value is -2.78. The summed E-state index contributed by atoms with van der Waals surface area (Å²) < 4.78 is 15.7. The molecule has 0 saturated heterocycles. The van der Waals surface area contributed by atoms with Gasteiger partial charge in [0.2, 0.25) is 0 Å². The molecule has 3 heterocycles. The maximum Gasteiger partial charge on any atom is 0.255 e. The van der Waals surface area contributed by atoms with Crippen LogP contribution in [0.4, 0.5) is 10.1 Å². The van der Waals surface area contributed by atoms with Crippen molar-refractivity contribution in [3.8, 4) is 11.3 Å². The summed E-state index contributed by atoms with van der Waals surface area (Å²) in [6.45, 7) is 2.43. The number of hydrogen-bond donors (Lipinski definition) is 3. The summed E-state index contributed by atoms with van der Waals surface area (Å²) >= 11 is 5.99. The molecule has 8 nitrogen and oxygen atoms in total. The number of nitrogens with zero attached hydrogens (tertiary/aromatic N) is 4. The van der Waals surface area contributed by atoms with Crippen molar-refractivity contribution in [1.29, 1.82) is 0 Å². The zero-order valence-electron chi connectivity index (χ0n) is 18.0. The van der Waals surface area contributed by atoms with Crippen molar-refractivity contribution in [1.82, 2.24) is 24.9 Å². The number of carbonyl (C=O) groups is 1. The normalized spacial score (nSPS) is 15.8. The third kappa shape index (κ3) is 4.83. The highest BCUT2D eigenvalue weighted by Crippen LogP contribution is 2.29. The number of nitrogens with one attached hydrogen (secondary N) is 2. The predicted molar refractivity (Wildman–Crippen MR) is 121 cm³/mol. The molecule has 0 spiro atoms. The van der Waals surface area contributed by atoms with Gasteiger partial charge in [0.15, 0.2) is 5.65 Å². The zero-order valence-corrected chi connectivity index (χ0v) is 18.7. The first-order valence-electron chi connectivity index (χ1n) is 10.6. The molecule has 0 radical (unpaired) electrons. The molecular weight excluding hydrogens is 435 g/mol. The van der Waals surface area contributed by atoms with Crippen molar-refractivity contribution in [3.63, 3.8) is 0 Å². The second-order valence-corrected chi connectivity index (χ2v) is 9.11. The van der Waals surface area contributed by atoms with Crippen molar-refractivity contribution >= 4 is 28.8 Å². The van der Waals surface area contributed by atoms with Crippen LogP contribution in [-0.2, 0) is 0 Å². The monoisotopic (exact) mass is 460 g/mol. The molecule has 1 fully saturated rings. The molecule has 3 aromatic rings. The van der Waals surface area contributed by atoms with Gasteiger partial charge in [0, 0.05) is 18.4 Å². The smallest absolute Gasteiger partial charge is 0.255 e. The van der Waals surface area contributed by atoms with Crippen LogP contribution >= 0.6 is 11.6 Å². The van der Waals surface area contributed by atoms with Crippen molar-refractivity contribution in [2.45, 2.75) is 57.3 Å². The fourth-order valence-electron chi connectivity index (χ4n) is 3.75. The molecule has 1 aliphatic carbocycles. The predicted octanol–water partition coefficient (Wildman–Crippen LogP) is 3.64. The fourth-order valence-corrected chi connectivity index (χ4v) is 3.89. The number of pyridine rings is 1. The second-order valence-electron chi connectivity index (χ2n) is 8.67. The number of hydrogen-bond acceptors (Lipinski definition) is 6. The minimum atomic E-state index is -1.60. The summed E-state index contributed by atoms with van der Waals surface area (Å²) in [6, 6.07) is 2.05. The first kappa shape index (κ1) is 22.4. The lowest BCUT2D eigenvalue weighted by Gasteiger charge is -2.23. The minimum Gasteiger partial charge on any atom is -0.387 e. The van der Waals surface area contributed by atoms with Gasteiger partial charge in [-0.2, -0.15) is 5.10 Å². The van der Waals surface area contributed by atoms with Crippen LogP contribution in [-0.4, -0.2) is 55.0 Å². The van der Waals surface area contributed by atoms with E-state index in [2.05, 4.69) is 25.7 Å². The first-order chi connectivity index (χ1) is 15.2. The summed E-state index contributed by atoms with van der Waals surface area (Å²) in [6.07, 6.45) is 9.01. The Morgan fingerprint density at radius 1 is 1.31 bits per heavy atom. The average Bonchev–Trinajstić information content (AvgIpc) is 3.40. The van der Waals surface area contributed by atoms with Crippen molar-refractivity contribution < 1.29 is 14.3 Å². The van der Waals surface area contributed by atoms with Crippen molar-refractivity contribution in [2.24, 2.45) is 0 Å². The van der Waals surface area contributed by atoms with E-state index >= 15 is 0 Å². The first-order valence-corrected chi connectivity index (χ1v) is 11.0. The molecule has 0 aliphatic heterocycles. The average molecular weight is 461 g/mol. The molecule has 0 bridgehead atoms. The van der Waals surface area contributed by atoms with Crippen LogP contribution in [0, 0.1) is 0 Å². The number of aliphatic hydroxyl groups is 1. The Bertz CT molecular complexity index is 1120. The van der Waals surface area contributed by atoms with Crippen LogP contribution in [0.5, 0.6) is 0 Å². The van der Waals surface area contributed by atoms with Gasteiger partial charge >= 0.3 is 0 Å². The van der Waals surface area contributed by atoms with Gasteiger partial charge in [-0.05, 0) is 32.8 Å². The topological polar surface area (TPSA) is 104 Å². The van der Waals surface area contributed by atoms with Crippen molar-refractivity contribution in [3.05, 3.63) is 41.4 Å². The zero-order chi connectivity index (χ0) is 22.9. The van der Waals surface area contributed by atoms with E-state index in [1.807, 2.05) is 0 Å². The van der Waals surface area contributed by atoms with E-state index in [0.717, 1.165) is 25.7 Å². The SMILES string of the molecule is CC(C)(O)C(F)CNC(=O)c1cnc(-c2cnn3cc(Cl)cnc23)cc1NC1CCCC1. The summed E-state index contributed by atoms with van der Waals surface area (Å²) in [7, 11) is 0. The molecule has 1 saturated carbocycles. The number of amides is 1. The maximum absolute atomic E-state index is 14.1. The number of fused-ring (bicyclic) bond motifs is 1. The van der Waals surface area contributed by atoms with Crippen LogP contribution < -0.4 is 10.6 Å². The molecule has 4 rings (SSSR count). The van der Waals surface area contributed by atoms with E-state index in [0.29, 0.717) is 33.2 Å². The molecule has 3 aromatic heterocycles. The van der Waals surface area contributed by atoms with Crippen LogP contribution in [0.1, 0.15) is 49.9 Å². The van der Waals surface area contributed by atoms with Crippen LogP contribution in [0.2, 0.25) is 5.02 Å². The highest BCUT2D eigenvalue weighted by atomic mass is 35.5. The summed E-state index contributed by atoms with van der Waals surface area (Å²) in [5.74, 6) is -0.457. The molecule has 10 heteroatoms. The molecule has 32 heavy (non-hydrogen) atoms. The van der Waals surface area contributed by atoms with Gasteiger partial charge in [-0.3, -0.25) is 9.78 Å². The van der Waals surface area contributed by atoms with Crippen molar-refractivity contribution in [2.75, 3.05) is 11.9 Å². The quantitative estimate of drug-likeness (QED) is 0.497. The summed E-state index contributed by atoms with van der Waals surface area (Å²) in [5.41, 5.74) is 1.29. The molecule has 3 N–H and O–H groups in total. The fraction of sp³-hybridized carbons (Fsp3) is 0.455. The van der Waals surface area contributed by atoms with E-state index in [1.54, 1.807) is 23.0 Å². The maximum atomic E-state index is 14.1. The van der Waals surface area contributed by atoms with E-state index in [4.69, 9.17) is 11.6 Å². The largest absolute Gasteiger partial charge is 0.387 e. The Kier molecular flexibility index (Phi) is 6.30. The Labute approximate surface area is 190 Å². The third-order valence-corrected chi connectivity index (χ3v) is 5.87. The highest BCUT2D eigenvalue weighted by molar-refractivity contribution is 6.30. The molecule has 1 aliphatic rings. The van der Waals surface area contributed by atoms with Gasteiger partial charge in [-0.15, -0.1) is 0 Å². The Morgan fingerprint density at radius 2 is 2.06 bits per heavy atom. The van der Waals surface area contributed by atoms with E-state index in [9.17, 15) is 14.3 Å². The van der Waals surface area contributed by atoms with Gasteiger partial charge in [-0.25, -0.2) is 13.9 Å². The summed E-state index contributed by atoms with van der Waals surface area (Å²) in [5, 5.41) is 20.6. The lowest BCUT2D eigenvalue weighted by atomic mass is 10.0. The number of anilines is 1. The van der Waals surface area contributed by atoms with Gasteiger partial charge in [0.05, 0.1) is 52.1 Å². The number of aromatic nitrogens is 4. The molecule has 1 amide bonds. The van der Waals surface area contributed by atoms with Crippen LogP contribution in [0.25, 0.3) is 16.9 Å². The standard InChI is InChI=1S/C22H26ClFN6O2/c1-22(2,32)19(24)11-27-21(31)16-9-25-17(7-18(16)29-14-5-3-4-6-14)15-10-28-30-12-13(23)8-26-20(15)30/h7-10,12,14,19,32H,3-6,11H2,1-2H3,(H,25,29)(H,27,31). The number of rotatable bonds is 7. The minimum absolute atomic E-state index is 0.253. The van der Waals surface area contributed by atoms with Crippen LogP contribution in [0.15, 0.2) is 30.9 Å². The van der Waals surface area contributed by atoms with E-state index in [1.165, 1.54) is 26.2 Å². The van der Waals surface area contributed by atoms with Gasteiger partial charge in [0.1, 0.15) is 6.17 Å². The number of halogens is 2. The second kappa shape index (κ2) is 8.99. The molecule has 1 atom stereocenters. The van der Waals surface area contributed by atoms with Gasteiger partial charge in [-0.1, -0.05) is 24.4 Å². The Morgan fingerprint density at radius 3 is 2.78 bits per heavy atom. The van der Waals surface area contributed by atoms with E-state index < -0.39 is 17.7 Å². The Balaban J connectivity index is 1.64. The molecule has 0 aromatic carbocycles. The summed E-state index contributed by atoms with van der Waals surface area (Å²) in [4.78, 5) is 21.6. The number of carbonyl (C=O) groups excluding carboxylic acids is 1. The molecule has 1 unspecified atom stereocenters. The third-order valence-electron chi connectivity index (χ3n) is 5.67. The van der Waals surface area contributed by atoms with Gasteiger partial charge in [0.25, 0.3) is 5.91 Å². The molecular formula is C22H26ClFN6O2. The number of alkyl halides is 1.